The summed E-state index contributed by atoms with van der Waals surface area (Å²) in [6.45, 7) is 3.79. The lowest BCUT2D eigenvalue weighted by atomic mass is 9.93. The number of carbonyl (C=O) groups excluding carboxylic acids is 2. The number of methoxy groups -OCH3 is 2. The summed E-state index contributed by atoms with van der Waals surface area (Å²) in [4.78, 5) is 23.9. The largest absolute Gasteiger partial charge is 0.496 e. The second-order valence-electron chi connectivity index (χ2n) is 4.23. The van der Waals surface area contributed by atoms with Crippen LogP contribution in [0.1, 0.15) is 36.2 Å². The Labute approximate surface area is 113 Å². The van der Waals surface area contributed by atoms with Crippen molar-refractivity contribution >= 4 is 11.8 Å². The van der Waals surface area contributed by atoms with Gasteiger partial charge in [0, 0.05) is 5.56 Å². The van der Waals surface area contributed by atoms with E-state index in [0.29, 0.717) is 12.0 Å². The van der Waals surface area contributed by atoms with Crippen LogP contribution in [0.4, 0.5) is 0 Å². The molecule has 0 radical (unpaired) electrons. The molecular formula is C15H20O4. The van der Waals surface area contributed by atoms with E-state index < -0.39 is 11.9 Å². The van der Waals surface area contributed by atoms with E-state index in [9.17, 15) is 9.59 Å². The monoisotopic (exact) mass is 264 g/mol. The molecule has 4 heteroatoms. The Bertz CT molecular complexity index is 465. The molecule has 0 bridgehead atoms. The highest BCUT2D eigenvalue weighted by Gasteiger charge is 2.27. The maximum Gasteiger partial charge on any atom is 0.316 e. The normalized spacial score (nSPS) is 11.8. The summed E-state index contributed by atoms with van der Waals surface area (Å²) in [6.07, 6.45) is 1.19. The van der Waals surface area contributed by atoms with E-state index >= 15 is 0 Å². The van der Waals surface area contributed by atoms with Gasteiger partial charge in [-0.1, -0.05) is 13.8 Å². The standard InChI is InChI=1S/C15H20O4/c1-5-10-9-11(7-8-13(10)18-3)14(16)12(6-2)15(17)19-4/h7-9,12H,5-6H2,1-4H3. The van der Waals surface area contributed by atoms with Crippen LogP contribution in [-0.2, 0) is 16.0 Å². The van der Waals surface area contributed by atoms with Gasteiger partial charge in [-0.15, -0.1) is 0 Å². The van der Waals surface area contributed by atoms with Crippen molar-refractivity contribution in [3.8, 4) is 5.75 Å². The average molecular weight is 264 g/mol. The van der Waals surface area contributed by atoms with Crippen LogP contribution in [0.5, 0.6) is 5.75 Å². The van der Waals surface area contributed by atoms with Crippen molar-refractivity contribution in [1.82, 2.24) is 0 Å². The van der Waals surface area contributed by atoms with Crippen LogP contribution < -0.4 is 4.74 Å². The molecule has 0 aliphatic carbocycles. The van der Waals surface area contributed by atoms with Gasteiger partial charge in [0.2, 0.25) is 0 Å². The quantitative estimate of drug-likeness (QED) is 0.450. The number of Topliss-reactive ketones (excluding diaryl/α,β-unsaturated/α-hetero) is 1. The minimum Gasteiger partial charge on any atom is -0.496 e. The third-order valence-corrected chi connectivity index (χ3v) is 3.16. The van der Waals surface area contributed by atoms with Gasteiger partial charge in [-0.25, -0.2) is 0 Å². The molecule has 0 aliphatic heterocycles. The van der Waals surface area contributed by atoms with Gasteiger partial charge in [-0.05, 0) is 36.6 Å². The van der Waals surface area contributed by atoms with Crippen molar-refractivity contribution in [2.24, 2.45) is 5.92 Å². The Balaban J connectivity index is 3.08. The highest BCUT2D eigenvalue weighted by Crippen LogP contribution is 2.23. The minimum atomic E-state index is -0.733. The Hall–Kier alpha value is -1.84. The SMILES string of the molecule is CCc1cc(C(=O)C(CC)C(=O)OC)ccc1OC. The Morgan fingerprint density at radius 2 is 1.89 bits per heavy atom. The van der Waals surface area contributed by atoms with Gasteiger partial charge in [-0.2, -0.15) is 0 Å². The van der Waals surface area contributed by atoms with Gasteiger partial charge in [0.05, 0.1) is 14.2 Å². The second-order valence-corrected chi connectivity index (χ2v) is 4.23. The summed E-state index contributed by atoms with van der Waals surface area (Å²) < 4.78 is 9.89. The van der Waals surface area contributed by atoms with Gasteiger partial charge >= 0.3 is 5.97 Å². The van der Waals surface area contributed by atoms with Crippen molar-refractivity contribution in [2.45, 2.75) is 26.7 Å². The number of esters is 1. The summed E-state index contributed by atoms with van der Waals surface area (Å²) >= 11 is 0. The molecule has 1 atom stereocenters. The Morgan fingerprint density at radius 1 is 1.21 bits per heavy atom. The summed E-state index contributed by atoms with van der Waals surface area (Å²) in [6, 6.07) is 5.23. The fraction of sp³-hybridized carbons (Fsp3) is 0.467. The first-order valence-corrected chi connectivity index (χ1v) is 6.37. The van der Waals surface area contributed by atoms with Crippen LogP contribution in [0.25, 0.3) is 0 Å². The molecule has 1 rings (SSSR count). The van der Waals surface area contributed by atoms with E-state index in [2.05, 4.69) is 4.74 Å². The van der Waals surface area contributed by atoms with Crippen LogP contribution in [0.2, 0.25) is 0 Å². The van der Waals surface area contributed by atoms with E-state index in [1.54, 1.807) is 32.2 Å². The molecule has 19 heavy (non-hydrogen) atoms. The molecule has 0 aromatic heterocycles. The zero-order chi connectivity index (χ0) is 14.4. The summed E-state index contributed by atoms with van der Waals surface area (Å²) in [7, 11) is 2.89. The Kier molecular flexibility index (Phi) is 5.55. The Morgan fingerprint density at radius 3 is 2.37 bits per heavy atom. The van der Waals surface area contributed by atoms with Gasteiger partial charge in [-0.3, -0.25) is 9.59 Å². The molecule has 0 spiro atoms. The summed E-state index contributed by atoms with van der Waals surface area (Å²) in [5, 5.41) is 0. The zero-order valence-corrected chi connectivity index (χ0v) is 11.9. The molecule has 0 N–H and O–H groups in total. The van der Waals surface area contributed by atoms with Crippen molar-refractivity contribution in [1.29, 1.82) is 0 Å². The van der Waals surface area contributed by atoms with Crippen molar-refractivity contribution < 1.29 is 19.1 Å². The van der Waals surface area contributed by atoms with Crippen molar-refractivity contribution in [2.75, 3.05) is 14.2 Å². The van der Waals surface area contributed by atoms with Crippen molar-refractivity contribution in [3.05, 3.63) is 29.3 Å². The first-order chi connectivity index (χ1) is 9.08. The molecule has 104 valence electrons. The van der Waals surface area contributed by atoms with Crippen LogP contribution >= 0.6 is 0 Å². The fourth-order valence-electron chi connectivity index (χ4n) is 2.01. The number of carbonyl (C=O) groups is 2. The number of aryl methyl sites for hydroxylation is 1. The van der Waals surface area contributed by atoms with Crippen LogP contribution in [0.15, 0.2) is 18.2 Å². The van der Waals surface area contributed by atoms with Gasteiger partial charge < -0.3 is 9.47 Å². The molecule has 0 aliphatic rings. The number of ketones is 1. The number of ether oxygens (including phenoxy) is 2. The average Bonchev–Trinajstić information content (AvgIpc) is 2.46. The third kappa shape index (κ3) is 3.34. The minimum absolute atomic E-state index is 0.202. The number of benzene rings is 1. The zero-order valence-electron chi connectivity index (χ0n) is 11.9. The molecule has 1 aromatic carbocycles. The van der Waals surface area contributed by atoms with Crippen LogP contribution in [-0.4, -0.2) is 26.0 Å². The van der Waals surface area contributed by atoms with E-state index in [1.165, 1.54) is 7.11 Å². The lowest BCUT2D eigenvalue weighted by Gasteiger charge is -2.13. The highest BCUT2D eigenvalue weighted by atomic mass is 16.5. The predicted molar refractivity (Wildman–Crippen MR) is 72.5 cm³/mol. The molecule has 0 amide bonds. The first kappa shape index (κ1) is 15.2. The van der Waals surface area contributed by atoms with Crippen LogP contribution in [0, 0.1) is 5.92 Å². The molecule has 1 unspecified atom stereocenters. The van der Waals surface area contributed by atoms with Crippen molar-refractivity contribution in [3.63, 3.8) is 0 Å². The molecule has 0 saturated carbocycles. The number of hydrogen-bond acceptors (Lipinski definition) is 4. The molecule has 0 saturated heterocycles. The maximum absolute atomic E-state index is 12.3. The van der Waals surface area contributed by atoms with Gasteiger partial charge in [0.1, 0.15) is 11.7 Å². The van der Waals surface area contributed by atoms with E-state index in [0.717, 1.165) is 17.7 Å². The molecule has 1 aromatic rings. The smallest absolute Gasteiger partial charge is 0.316 e. The fourth-order valence-corrected chi connectivity index (χ4v) is 2.01. The number of hydrogen-bond donors (Lipinski definition) is 0. The van der Waals surface area contributed by atoms with Gasteiger partial charge in [0.15, 0.2) is 5.78 Å². The highest BCUT2D eigenvalue weighted by molar-refractivity contribution is 6.08. The first-order valence-electron chi connectivity index (χ1n) is 6.37. The summed E-state index contributed by atoms with van der Waals surface area (Å²) in [5.41, 5.74) is 1.47. The maximum atomic E-state index is 12.3. The van der Waals surface area contributed by atoms with E-state index in [1.807, 2.05) is 6.92 Å². The van der Waals surface area contributed by atoms with Gasteiger partial charge in [0.25, 0.3) is 0 Å². The molecular weight excluding hydrogens is 244 g/mol. The van der Waals surface area contributed by atoms with E-state index in [-0.39, 0.29) is 5.78 Å². The lowest BCUT2D eigenvalue weighted by Crippen LogP contribution is -2.24. The van der Waals surface area contributed by atoms with E-state index in [4.69, 9.17) is 4.74 Å². The lowest BCUT2D eigenvalue weighted by molar-refractivity contribution is -0.143. The summed E-state index contributed by atoms with van der Waals surface area (Å²) in [5.74, 6) is -0.665. The third-order valence-electron chi connectivity index (χ3n) is 3.16. The van der Waals surface area contributed by atoms with Crippen LogP contribution in [0.3, 0.4) is 0 Å². The second kappa shape index (κ2) is 6.92. The molecule has 0 fully saturated rings. The molecule has 0 heterocycles. The predicted octanol–water partition coefficient (Wildman–Crippen LogP) is 2.64. The topological polar surface area (TPSA) is 52.6 Å². The number of rotatable bonds is 6. The molecule has 4 nitrogen and oxygen atoms in total.